The highest BCUT2D eigenvalue weighted by molar-refractivity contribution is 6.06. The molecule has 5 heteroatoms. The third kappa shape index (κ3) is 3.15. The summed E-state index contributed by atoms with van der Waals surface area (Å²) in [6, 6.07) is 0.115. The minimum absolute atomic E-state index is 0.0604. The molecule has 0 aromatic heterocycles. The molecule has 1 aliphatic carbocycles. The van der Waals surface area contributed by atoms with Crippen molar-refractivity contribution in [2.75, 3.05) is 0 Å². The second-order valence-corrected chi connectivity index (χ2v) is 5.26. The number of carbonyl (C=O) groups excluding carboxylic acids is 1. The number of amides is 1. The fourth-order valence-electron chi connectivity index (χ4n) is 2.49. The third-order valence-corrected chi connectivity index (χ3v) is 3.98. The predicted molar refractivity (Wildman–Crippen MR) is 71.4 cm³/mol. The van der Waals surface area contributed by atoms with Crippen LogP contribution in [0.25, 0.3) is 0 Å². The van der Waals surface area contributed by atoms with Gasteiger partial charge in [0.1, 0.15) is 5.41 Å². The summed E-state index contributed by atoms with van der Waals surface area (Å²) in [7, 11) is 0. The van der Waals surface area contributed by atoms with Crippen molar-refractivity contribution in [1.82, 2.24) is 5.32 Å². The van der Waals surface area contributed by atoms with Crippen molar-refractivity contribution in [3.8, 4) is 0 Å². The maximum absolute atomic E-state index is 12.5. The average Bonchev–Trinajstić information content (AvgIpc) is 2.64. The van der Waals surface area contributed by atoms with Gasteiger partial charge >= 0.3 is 0 Å². The molecule has 1 saturated carbocycles. The zero-order chi connectivity index (χ0) is 13.6. The molecule has 5 nitrogen and oxygen atoms in total. The lowest BCUT2D eigenvalue weighted by Gasteiger charge is -2.31. The molecule has 0 spiro atoms. The Morgan fingerprint density at radius 1 is 1.39 bits per heavy atom. The van der Waals surface area contributed by atoms with E-state index in [0.29, 0.717) is 12.8 Å². The molecule has 1 atom stereocenters. The van der Waals surface area contributed by atoms with Crippen LogP contribution in [-0.4, -0.2) is 23.0 Å². The highest BCUT2D eigenvalue weighted by Crippen LogP contribution is 2.35. The van der Waals surface area contributed by atoms with Crippen LogP contribution in [-0.2, 0) is 4.79 Å². The molecular formula is C13H25N3O2. The quantitative estimate of drug-likeness (QED) is 0.236. The molecule has 4 N–H and O–H groups in total. The molecule has 0 radical (unpaired) electrons. The molecule has 0 aromatic carbocycles. The first-order valence-electron chi connectivity index (χ1n) is 6.85. The first-order valence-corrected chi connectivity index (χ1v) is 6.85. The number of hydrogen-bond donors (Lipinski definition) is 3. The van der Waals surface area contributed by atoms with Crippen molar-refractivity contribution in [1.29, 1.82) is 0 Å². The Morgan fingerprint density at radius 3 is 2.39 bits per heavy atom. The average molecular weight is 255 g/mol. The van der Waals surface area contributed by atoms with E-state index in [9.17, 15) is 4.79 Å². The van der Waals surface area contributed by atoms with E-state index in [4.69, 9.17) is 10.9 Å². The summed E-state index contributed by atoms with van der Waals surface area (Å²) in [6.07, 6.45) is 6.33. The van der Waals surface area contributed by atoms with Crippen molar-refractivity contribution in [2.24, 2.45) is 16.3 Å². The van der Waals surface area contributed by atoms with E-state index in [1.165, 1.54) is 0 Å². The maximum Gasteiger partial charge on any atom is 0.234 e. The SMILES string of the molecule is CCC(C)NC(=O)C1(C(N)=NO)CCCCCC1. The first kappa shape index (κ1) is 14.8. The van der Waals surface area contributed by atoms with E-state index in [2.05, 4.69) is 10.5 Å². The smallest absolute Gasteiger partial charge is 0.234 e. The van der Waals surface area contributed by atoms with Crippen molar-refractivity contribution in [3.63, 3.8) is 0 Å². The van der Waals surface area contributed by atoms with Gasteiger partial charge in [0, 0.05) is 6.04 Å². The number of carbonyl (C=O) groups is 1. The molecule has 1 aliphatic rings. The summed E-state index contributed by atoms with van der Waals surface area (Å²) in [5.41, 5.74) is 5.00. The van der Waals surface area contributed by atoms with E-state index < -0.39 is 5.41 Å². The standard InChI is InChI=1S/C13H25N3O2/c1-3-10(2)15-12(17)13(11(14)16-18)8-6-4-5-7-9-13/h10,18H,3-9H2,1-2H3,(H2,14,16)(H,15,17). The minimum atomic E-state index is -0.811. The predicted octanol–water partition coefficient (Wildman–Crippen LogP) is 1.99. The Morgan fingerprint density at radius 2 is 1.94 bits per heavy atom. The topological polar surface area (TPSA) is 87.7 Å². The van der Waals surface area contributed by atoms with Crippen LogP contribution in [0, 0.1) is 5.41 Å². The molecule has 0 saturated heterocycles. The van der Waals surface area contributed by atoms with Crippen LogP contribution in [0.3, 0.4) is 0 Å². The monoisotopic (exact) mass is 255 g/mol. The Bertz CT molecular complexity index is 307. The summed E-state index contributed by atoms with van der Waals surface area (Å²) in [5, 5.41) is 15.1. The summed E-state index contributed by atoms with van der Waals surface area (Å²) in [4.78, 5) is 12.5. The van der Waals surface area contributed by atoms with Crippen molar-refractivity contribution in [3.05, 3.63) is 0 Å². The van der Waals surface area contributed by atoms with Crippen LogP contribution in [0.5, 0.6) is 0 Å². The van der Waals surface area contributed by atoms with E-state index in [1.54, 1.807) is 0 Å². The largest absolute Gasteiger partial charge is 0.409 e. The fraction of sp³-hybridized carbons (Fsp3) is 0.846. The summed E-state index contributed by atoms with van der Waals surface area (Å²) in [6.45, 7) is 3.99. The van der Waals surface area contributed by atoms with E-state index in [1.807, 2.05) is 13.8 Å². The zero-order valence-corrected chi connectivity index (χ0v) is 11.4. The van der Waals surface area contributed by atoms with Gasteiger partial charge in [0.2, 0.25) is 5.91 Å². The highest BCUT2D eigenvalue weighted by Gasteiger charge is 2.43. The van der Waals surface area contributed by atoms with Gasteiger partial charge in [-0.25, -0.2) is 0 Å². The second-order valence-electron chi connectivity index (χ2n) is 5.26. The molecule has 1 rings (SSSR count). The number of oxime groups is 1. The van der Waals surface area contributed by atoms with E-state index in [0.717, 1.165) is 32.1 Å². The maximum atomic E-state index is 12.5. The third-order valence-electron chi connectivity index (χ3n) is 3.98. The molecule has 0 heterocycles. The molecule has 18 heavy (non-hydrogen) atoms. The van der Waals surface area contributed by atoms with Crippen LogP contribution < -0.4 is 11.1 Å². The number of rotatable bonds is 4. The number of nitrogens with zero attached hydrogens (tertiary/aromatic N) is 1. The van der Waals surface area contributed by atoms with Gasteiger partial charge in [-0.15, -0.1) is 0 Å². The normalized spacial score (nSPS) is 22.0. The number of nitrogens with two attached hydrogens (primary N) is 1. The van der Waals surface area contributed by atoms with Crippen LogP contribution in [0.15, 0.2) is 5.16 Å². The van der Waals surface area contributed by atoms with Gasteiger partial charge in [-0.05, 0) is 26.2 Å². The number of nitrogens with one attached hydrogen (secondary N) is 1. The Labute approximate surface area is 109 Å². The molecule has 104 valence electrons. The molecule has 1 fully saturated rings. The van der Waals surface area contributed by atoms with Gasteiger partial charge in [-0.2, -0.15) is 0 Å². The lowest BCUT2D eigenvalue weighted by atomic mass is 9.78. The highest BCUT2D eigenvalue weighted by atomic mass is 16.4. The van der Waals surface area contributed by atoms with Crippen LogP contribution >= 0.6 is 0 Å². The van der Waals surface area contributed by atoms with Crippen LogP contribution in [0.2, 0.25) is 0 Å². The minimum Gasteiger partial charge on any atom is -0.409 e. The molecular weight excluding hydrogens is 230 g/mol. The van der Waals surface area contributed by atoms with Crippen molar-refractivity contribution < 1.29 is 10.0 Å². The number of hydrogen-bond acceptors (Lipinski definition) is 3. The van der Waals surface area contributed by atoms with E-state index >= 15 is 0 Å². The Kier molecular flexibility index (Phi) is 5.44. The molecule has 0 aliphatic heterocycles. The van der Waals surface area contributed by atoms with Gasteiger partial charge in [-0.1, -0.05) is 37.8 Å². The summed E-state index contributed by atoms with van der Waals surface area (Å²) >= 11 is 0. The molecule has 1 amide bonds. The Balaban J connectivity index is 2.92. The van der Waals surface area contributed by atoms with Gasteiger partial charge < -0.3 is 16.3 Å². The molecule has 0 aromatic rings. The Hall–Kier alpha value is -1.26. The lowest BCUT2D eigenvalue weighted by molar-refractivity contribution is -0.128. The van der Waals surface area contributed by atoms with Crippen LogP contribution in [0.4, 0.5) is 0 Å². The fourth-order valence-corrected chi connectivity index (χ4v) is 2.49. The van der Waals surface area contributed by atoms with Gasteiger partial charge in [0.25, 0.3) is 0 Å². The summed E-state index contributed by atoms with van der Waals surface area (Å²) < 4.78 is 0. The van der Waals surface area contributed by atoms with Crippen LogP contribution in [0.1, 0.15) is 58.8 Å². The van der Waals surface area contributed by atoms with Crippen molar-refractivity contribution in [2.45, 2.75) is 64.8 Å². The van der Waals surface area contributed by atoms with Gasteiger partial charge in [-0.3, -0.25) is 4.79 Å². The molecule has 0 bridgehead atoms. The van der Waals surface area contributed by atoms with Crippen molar-refractivity contribution >= 4 is 11.7 Å². The zero-order valence-electron chi connectivity index (χ0n) is 11.4. The van der Waals surface area contributed by atoms with Gasteiger partial charge in [0.05, 0.1) is 0 Å². The van der Waals surface area contributed by atoms with Gasteiger partial charge in [0.15, 0.2) is 5.84 Å². The second kappa shape index (κ2) is 6.61. The number of amidine groups is 1. The van der Waals surface area contributed by atoms with E-state index in [-0.39, 0.29) is 17.8 Å². The lowest BCUT2D eigenvalue weighted by Crippen LogP contribution is -2.51. The molecule has 1 unspecified atom stereocenters. The summed E-state index contributed by atoms with van der Waals surface area (Å²) in [5.74, 6) is -0.0285. The first-order chi connectivity index (χ1) is 8.56.